The molecule has 3 rings (SSSR count). The summed E-state index contributed by atoms with van der Waals surface area (Å²) in [6.07, 6.45) is 3.36. The molecule has 3 aromatic rings. The number of nitrogen functional groups attached to an aromatic ring is 1. The summed E-state index contributed by atoms with van der Waals surface area (Å²) in [4.78, 5) is 16.5. The highest BCUT2D eigenvalue weighted by atomic mass is 16.6. The van der Waals surface area contributed by atoms with Crippen molar-refractivity contribution in [3.63, 3.8) is 0 Å². The number of esters is 1. The van der Waals surface area contributed by atoms with Crippen molar-refractivity contribution in [3.8, 4) is 11.5 Å². The molecular formula is C21H22N4O3. The van der Waals surface area contributed by atoms with Crippen LogP contribution in [-0.2, 0) is 0 Å². The van der Waals surface area contributed by atoms with Gasteiger partial charge in [0.15, 0.2) is 11.5 Å². The first-order chi connectivity index (χ1) is 13.5. The molecule has 2 N–H and O–H groups in total. The average Bonchev–Trinajstić information content (AvgIpc) is 2.99. The van der Waals surface area contributed by atoms with Crippen LogP contribution in [0.4, 0.5) is 5.95 Å². The van der Waals surface area contributed by atoms with E-state index in [-0.39, 0.29) is 0 Å². The molecule has 0 atom stereocenters. The van der Waals surface area contributed by atoms with Crippen LogP contribution >= 0.6 is 0 Å². The number of hydrogen-bond donors (Lipinski definition) is 1. The summed E-state index contributed by atoms with van der Waals surface area (Å²) >= 11 is 0. The lowest BCUT2D eigenvalue weighted by Crippen LogP contribution is -2.10. The molecule has 0 radical (unpaired) electrons. The maximum absolute atomic E-state index is 12.4. The first kappa shape index (κ1) is 19.2. The quantitative estimate of drug-likeness (QED) is 0.402. The standard InChI is InChI=1S/C21H22N4O3/c1-4-27-19-11-16(12-23-25-13-15(3)24-21(25)22)8-9-18(19)28-20(26)17-7-5-6-14(2)10-17/h5-13H,4H2,1-3H3,(H2,22,24). The molecule has 0 unspecified atom stereocenters. The highest BCUT2D eigenvalue weighted by Gasteiger charge is 2.13. The van der Waals surface area contributed by atoms with E-state index in [4.69, 9.17) is 15.2 Å². The molecule has 144 valence electrons. The lowest BCUT2D eigenvalue weighted by molar-refractivity contribution is 0.0728. The van der Waals surface area contributed by atoms with E-state index in [1.807, 2.05) is 32.9 Å². The summed E-state index contributed by atoms with van der Waals surface area (Å²) in [5.41, 5.74) is 8.80. The first-order valence-corrected chi connectivity index (χ1v) is 8.87. The molecule has 1 aromatic heterocycles. The van der Waals surface area contributed by atoms with Gasteiger partial charge in [0.05, 0.1) is 30.3 Å². The molecular weight excluding hydrogens is 356 g/mol. The van der Waals surface area contributed by atoms with Crippen LogP contribution < -0.4 is 15.2 Å². The van der Waals surface area contributed by atoms with Gasteiger partial charge in [-0.1, -0.05) is 17.7 Å². The largest absolute Gasteiger partial charge is 0.490 e. The number of carbonyl (C=O) groups is 1. The Hall–Kier alpha value is -3.61. The Bertz CT molecular complexity index is 1020. The van der Waals surface area contributed by atoms with Crippen LogP contribution in [0.5, 0.6) is 11.5 Å². The fourth-order valence-corrected chi connectivity index (χ4v) is 2.61. The minimum Gasteiger partial charge on any atom is -0.490 e. The van der Waals surface area contributed by atoms with E-state index in [1.165, 1.54) is 4.68 Å². The second-order valence-corrected chi connectivity index (χ2v) is 6.23. The number of nitrogens with zero attached hydrogens (tertiary/aromatic N) is 3. The van der Waals surface area contributed by atoms with E-state index < -0.39 is 5.97 Å². The van der Waals surface area contributed by atoms with Crippen LogP contribution in [0, 0.1) is 13.8 Å². The van der Waals surface area contributed by atoms with Crippen molar-refractivity contribution in [2.45, 2.75) is 20.8 Å². The summed E-state index contributed by atoms with van der Waals surface area (Å²) in [5.74, 6) is 0.681. The van der Waals surface area contributed by atoms with Gasteiger partial charge in [-0.05, 0) is 56.7 Å². The van der Waals surface area contributed by atoms with Crippen molar-refractivity contribution in [1.29, 1.82) is 0 Å². The third-order valence-electron chi connectivity index (χ3n) is 3.89. The zero-order valence-corrected chi connectivity index (χ0v) is 16.0. The smallest absolute Gasteiger partial charge is 0.343 e. The molecule has 0 amide bonds. The molecule has 0 fully saturated rings. The number of rotatable bonds is 6. The van der Waals surface area contributed by atoms with Crippen molar-refractivity contribution in [2.24, 2.45) is 5.10 Å². The third-order valence-corrected chi connectivity index (χ3v) is 3.89. The molecule has 7 heteroatoms. The second-order valence-electron chi connectivity index (χ2n) is 6.23. The Balaban J connectivity index is 1.82. The van der Waals surface area contributed by atoms with Crippen LogP contribution in [0.15, 0.2) is 53.8 Å². The van der Waals surface area contributed by atoms with Crippen molar-refractivity contribution < 1.29 is 14.3 Å². The molecule has 0 aliphatic heterocycles. The zero-order valence-electron chi connectivity index (χ0n) is 16.0. The normalized spacial score (nSPS) is 11.0. The Morgan fingerprint density at radius 3 is 2.71 bits per heavy atom. The Morgan fingerprint density at radius 1 is 1.21 bits per heavy atom. The topological polar surface area (TPSA) is 91.7 Å². The van der Waals surface area contributed by atoms with Gasteiger partial charge < -0.3 is 15.2 Å². The molecule has 0 aliphatic rings. The minimum atomic E-state index is -0.437. The van der Waals surface area contributed by atoms with E-state index >= 15 is 0 Å². The van der Waals surface area contributed by atoms with E-state index in [9.17, 15) is 4.79 Å². The molecule has 28 heavy (non-hydrogen) atoms. The van der Waals surface area contributed by atoms with Gasteiger partial charge in [-0.15, -0.1) is 0 Å². The fourth-order valence-electron chi connectivity index (χ4n) is 2.61. The van der Waals surface area contributed by atoms with E-state index in [1.54, 1.807) is 42.7 Å². The predicted octanol–water partition coefficient (Wildman–Crippen LogP) is 3.58. The van der Waals surface area contributed by atoms with Gasteiger partial charge in [-0.3, -0.25) is 0 Å². The maximum atomic E-state index is 12.4. The van der Waals surface area contributed by atoms with E-state index in [0.717, 1.165) is 16.8 Å². The number of hydrogen-bond acceptors (Lipinski definition) is 6. The number of ether oxygens (including phenoxy) is 2. The fraction of sp³-hybridized carbons (Fsp3) is 0.190. The van der Waals surface area contributed by atoms with Crippen LogP contribution in [0.1, 0.15) is 34.1 Å². The van der Waals surface area contributed by atoms with Gasteiger partial charge in [0, 0.05) is 0 Å². The number of aromatic nitrogens is 2. The predicted molar refractivity (Wildman–Crippen MR) is 108 cm³/mol. The molecule has 2 aromatic carbocycles. The Kier molecular flexibility index (Phi) is 5.74. The van der Waals surface area contributed by atoms with Gasteiger partial charge in [0.1, 0.15) is 0 Å². The highest BCUT2D eigenvalue weighted by molar-refractivity contribution is 5.91. The molecule has 0 spiro atoms. The summed E-state index contributed by atoms with van der Waals surface area (Å²) < 4.78 is 12.7. The van der Waals surface area contributed by atoms with Crippen LogP contribution in [0.2, 0.25) is 0 Å². The Morgan fingerprint density at radius 2 is 2.04 bits per heavy atom. The van der Waals surface area contributed by atoms with Gasteiger partial charge in [0.25, 0.3) is 0 Å². The molecule has 1 heterocycles. The molecule has 0 saturated heterocycles. The minimum absolute atomic E-state index is 0.308. The van der Waals surface area contributed by atoms with Crippen molar-refractivity contribution in [2.75, 3.05) is 12.3 Å². The summed E-state index contributed by atoms with van der Waals surface area (Å²) in [6.45, 7) is 6.06. The van der Waals surface area contributed by atoms with Gasteiger partial charge >= 0.3 is 5.97 Å². The first-order valence-electron chi connectivity index (χ1n) is 8.87. The molecule has 0 saturated carbocycles. The lowest BCUT2D eigenvalue weighted by atomic mass is 10.1. The molecule has 0 bridgehead atoms. The van der Waals surface area contributed by atoms with Crippen LogP contribution in [-0.4, -0.2) is 28.5 Å². The Labute approximate surface area is 163 Å². The van der Waals surface area contributed by atoms with Crippen molar-refractivity contribution in [1.82, 2.24) is 9.66 Å². The lowest BCUT2D eigenvalue weighted by Gasteiger charge is -2.11. The molecule has 7 nitrogen and oxygen atoms in total. The van der Waals surface area contributed by atoms with Gasteiger partial charge in [-0.25, -0.2) is 14.5 Å². The highest BCUT2D eigenvalue weighted by Crippen LogP contribution is 2.29. The average molecular weight is 378 g/mol. The van der Waals surface area contributed by atoms with E-state index in [2.05, 4.69) is 10.1 Å². The summed E-state index contributed by atoms with van der Waals surface area (Å²) in [7, 11) is 0. The number of benzene rings is 2. The number of nitrogens with two attached hydrogens (primary N) is 1. The van der Waals surface area contributed by atoms with Crippen molar-refractivity contribution in [3.05, 3.63) is 71.0 Å². The third kappa shape index (κ3) is 4.56. The summed E-state index contributed by atoms with van der Waals surface area (Å²) in [5, 5.41) is 4.29. The monoisotopic (exact) mass is 378 g/mol. The van der Waals surface area contributed by atoms with Crippen LogP contribution in [0.25, 0.3) is 0 Å². The second kappa shape index (κ2) is 8.39. The number of anilines is 1. The number of aryl methyl sites for hydroxylation is 2. The number of imidazole rings is 1. The summed E-state index contributed by atoms with van der Waals surface area (Å²) in [6, 6.07) is 12.5. The van der Waals surface area contributed by atoms with Crippen LogP contribution in [0.3, 0.4) is 0 Å². The van der Waals surface area contributed by atoms with Gasteiger partial charge in [-0.2, -0.15) is 5.10 Å². The van der Waals surface area contributed by atoms with Crippen molar-refractivity contribution >= 4 is 18.1 Å². The zero-order chi connectivity index (χ0) is 20.1. The van der Waals surface area contributed by atoms with Gasteiger partial charge in [0.2, 0.25) is 5.95 Å². The SMILES string of the molecule is CCOc1cc(C=Nn2cc(C)nc2N)ccc1OC(=O)c1cccc(C)c1. The van der Waals surface area contributed by atoms with E-state index in [0.29, 0.717) is 29.6 Å². The maximum Gasteiger partial charge on any atom is 0.343 e. The molecule has 0 aliphatic carbocycles. The number of carbonyl (C=O) groups excluding carboxylic acids is 1.